The highest BCUT2D eigenvalue weighted by Crippen LogP contribution is 2.27. The maximum atomic E-state index is 13.9. The molecule has 1 N–H and O–H groups in total. The first-order valence-corrected chi connectivity index (χ1v) is 6.96. The van der Waals surface area contributed by atoms with E-state index in [0.29, 0.717) is 13.2 Å². The van der Waals surface area contributed by atoms with Gasteiger partial charge in [0.1, 0.15) is 6.42 Å². The summed E-state index contributed by atoms with van der Waals surface area (Å²) in [7, 11) is 0. The number of ether oxygens (including phenoxy) is 2. The molecule has 1 amide bonds. The summed E-state index contributed by atoms with van der Waals surface area (Å²) in [6.07, 6.45) is 1.21. The third kappa shape index (κ3) is 4.40. The number of anilines is 1. The summed E-state index contributed by atoms with van der Waals surface area (Å²) in [5.41, 5.74) is -0.0475. The topological polar surface area (TPSA) is 71.4 Å². The minimum Gasteiger partial charge on any atom is -0.487 e. The zero-order valence-corrected chi connectivity index (χ0v) is 11.9. The number of halogens is 2. The van der Waals surface area contributed by atoms with Gasteiger partial charge in [0.05, 0.1) is 12.7 Å². The maximum Gasteiger partial charge on any atom is 0.238 e. The van der Waals surface area contributed by atoms with Crippen molar-refractivity contribution in [3.63, 3.8) is 0 Å². The average Bonchev–Trinajstić information content (AvgIpc) is 2.47. The highest BCUT2D eigenvalue weighted by molar-refractivity contribution is 5.92. The number of carbonyl (C=O) groups excluding carboxylic acids is 1. The van der Waals surface area contributed by atoms with Gasteiger partial charge in [-0.15, -0.1) is 0 Å². The van der Waals surface area contributed by atoms with E-state index in [0.717, 1.165) is 25.0 Å². The van der Waals surface area contributed by atoms with Crippen LogP contribution in [-0.4, -0.2) is 25.7 Å². The monoisotopic (exact) mass is 310 g/mol. The van der Waals surface area contributed by atoms with Crippen LogP contribution in [0.4, 0.5) is 14.5 Å². The van der Waals surface area contributed by atoms with Crippen molar-refractivity contribution >= 4 is 11.6 Å². The highest BCUT2D eigenvalue weighted by atomic mass is 19.1. The van der Waals surface area contributed by atoms with Crippen LogP contribution in [0.1, 0.15) is 19.3 Å². The lowest BCUT2D eigenvalue weighted by atomic mass is 10.0. The molecule has 0 aliphatic carbocycles. The van der Waals surface area contributed by atoms with Crippen LogP contribution >= 0.6 is 0 Å². The Kier molecular flexibility index (Phi) is 5.67. The summed E-state index contributed by atoms with van der Waals surface area (Å²) in [6.45, 7) is 1.48. The van der Waals surface area contributed by atoms with Crippen molar-refractivity contribution in [2.75, 3.05) is 25.1 Å². The molecular formula is C15H16F2N2O3. The Labute approximate surface area is 126 Å². The molecule has 1 aromatic rings. The van der Waals surface area contributed by atoms with Gasteiger partial charge in [-0.1, -0.05) is 0 Å². The number of nitriles is 1. The fourth-order valence-electron chi connectivity index (χ4n) is 2.16. The Morgan fingerprint density at radius 3 is 2.59 bits per heavy atom. The van der Waals surface area contributed by atoms with E-state index in [-0.39, 0.29) is 24.6 Å². The van der Waals surface area contributed by atoms with Crippen LogP contribution in [0.2, 0.25) is 0 Å². The van der Waals surface area contributed by atoms with E-state index in [2.05, 4.69) is 5.32 Å². The van der Waals surface area contributed by atoms with Crippen molar-refractivity contribution in [1.29, 1.82) is 5.26 Å². The van der Waals surface area contributed by atoms with Crippen LogP contribution in [0.15, 0.2) is 12.1 Å². The van der Waals surface area contributed by atoms with Gasteiger partial charge in [-0.25, -0.2) is 8.78 Å². The second kappa shape index (κ2) is 7.71. The van der Waals surface area contributed by atoms with Gasteiger partial charge < -0.3 is 14.8 Å². The Hall–Kier alpha value is -2.20. The van der Waals surface area contributed by atoms with E-state index < -0.39 is 23.3 Å². The normalized spacial score (nSPS) is 15.1. The van der Waals surface area contributed by atoms with Crippen LogP contribution in [0.3, 0.4) is 0 Å². The minimum absolute atomic E-state index is 0.0475. The van der Waals surface area contributed by atoms with E-state index in [4.69, 9.17) is 14.7 Å². The van der Waals surface area contributed by atoms with E-state index in [1.807, 2.05) is 0 Å². The molecule has 0 saturated carbocycles. The van der Waals surface area contributed by atoms with Gasteiger partial charge >= 0.3 is 0 Å². The Bertz CT molecular complexity index is 558. The van der Waals surface area contributed by atoms with Gasteiger partial charge in [-0.2, -0.15) is 5.26 Å². The number of rotatable bonds is 5. The second-order valence-electron chi connectivity index (χ2n) is 5.02. The molecule has 1 aliphatic rings. The molecule has 1 fully saturated rings. The predicted octanol–water partition coefficient (Wildman–Crippen LogP) is 2.62. The smallest absolute Gasteiger partial charge is 0.238 e. The summed E-state index contributed by atoms with van der Waals surface area (Å²) in [6, 6.07) is 3.59. The third-order valence-electron chi connectivity index (χ3n) is 3.33. The summed E-state index contributed by atoms with van der Waals surface area (Å²) < 4.78 is 38.2. The quantitative estimate of drug-likeness (QED) is 0.907. The van der Waals surface area contributed by atoms with Gasteiger partial charge in [0.25, 0.3) is 0 Å². The van der Waals surface area contributed by atoms with Gasteiger partial charge in [-0.05, 0) is 18.8 Å². The van der Waals surface area contributed by atoms with Gasteiger partial charge in [-0.3, -0.25) is 4.79 Å². The van der Waals surface area contributed by atoms with Crippen molar-refractivity contribution < 1.29 is 23.0 Å². The lowest BCUT2D eigenvalue weighted by Crippen LogP contribution is -2.22. The number of nitrogens with one attached hydrogen (secondary N) is 1. The standard InChI is InChI=1S/C15H16F2N2O3/c16-12-7-11(19-14(20)1-4-18)8-13(17)15(12)22-9-10-2-5-21-6-3-10/h7-8,10H,1-3,5-6,9H2,(H,19,20). The van der Waals surface area contributed by atoms with E-state index in [1.165, 1.54) is 0 Å². The molecule has 0 aromatic heterocycles. The van der Waals surface area contributed by atoms with Crippen LogP contribution in [0.25, 0.3) is 0 Å². The summed E-state index contributed by atoms with van der Waals surface area (Å²) in [5, 5.41) is 10.6. The van der Waals surface area contributed by atoms with Crippen LogP contribution in [-0.2, 0) is 9.53 Å². The average molecular weight is 310 g/mol. The zero-order valence-electron chi connectivity index (χ0n) is 11.9. The number of benzene rings is 1. The number of carbonyl (C=O) groups is 1. The second-order valence-corrected chi connectivity index (χ2v) is 5.02. The lowest BCUT2D eigenvalue weighted by molar-refractivity contribution is -0.115. The molecule has 118 valence electrons. The van der Waals surface area contributed by atoms with Crippen LogP contribution < -0.4 is 10.1 Å². The first-order chi connectivity index (χ1) is 10.6. The molecule has 22 heavy (non-hydrogen) atoms. The van der Waals surface area contributed by atoms with Crippen LogP contribution in [0.5, 0.6) is 5.75 Å². The molecule has 0 unspecified atom stereocenters. The first-order valence-electron chi connectivity index (χ1n) is 6.96. The fraction of sp³-hybridized carbons (Fsp3) is 0.467. The molecule has 0 bridgehead atoms. The Morgan fingerprint density at radius 1 is 1.36 bits per heavy atom. The molecule has 0 spiro atoms. The Balaban J connectivity index is 2.00. The van der Waals surface area contributed by atoms with Gasteiger partial charge in [0, 0.05) is 31.0 Å². The van der Waals surface area contributed by atoms with Crippen molar-refractivity contribution in [3.8, 4) is 11.8 Å². The van der Waals surface area contributed by atoms with Crippen molar-refractivity contribution in [3.05, 3.63) is 23.8 Å². The lowest BCUT2D eigenvalue weighted by Gasteiger charge is -2.22. The molecule has 2 rings (SSSR count). The minimum atomic E-state index is -0.890. The molecule has 7 heteroatoms. The fourth-order valence-corrected chi connectivity index (χ4v) is 2.16. The van der Waals surface area contributed by atoms with Crippen molar-refractivity contribution in [2.24, 2.45) is 5.92 Å². The molecule has 1 saturated heterocycles. The van der Waals surface area contributed by atoms with Crippen molar-refractivity contribution in [1.82, 2.24) is 0 Å². The molecule has 0 radical (unpaired) electrons. The molecule has 0 atom stereocenters. The number of amides is 1. The van der Waals surface area contributed by atoms with Gasteiger partial charge in [0.2, 0.25) is 5.91 Å². The summed E-state index contributed by atoms with van der Waals surface area (Å²) >= 11 is 0. The maximum absolute atomic E-state index is 13.9. The van der Waals surface area contributed by atoms with E-state index in [9.17, 15) is 13.6 Å². The molecule has 1 heterocycles. The largest absolute Gasteiger partial charge is 0.487 e. The van der Waals surface area contributed by atoms with Gasteiger partial charge in [0.15, 0.2) is 17.4 Å². The number of nitrogens with zero attached hydrogens (tertiary/aromatic N) is 1. The first kappa shape index (κ1) is 16.2. The highest BCUT2D eigenvalue weighted by Gasteiger charge is 2.18. The Morgan fingerprint density at radius 2 is 2.00 bits per heavy atom. The molecule has 5 nitrogen and oxygen atoms in total. The summed E-state index contributed by atoms with van der Waals surface area (Å²) in [4.78, 5) is 11.2. The van der Waals surface area contributed by atoms with Crippen molar-refractivity contribution in [2.45, 2.75) is 19.3 Å². The third-order valence-corrected chi connectivity index (χ3v) is 3.33. The van der Waals surface area contributed by atoms with E-state index >= 15 is 0 Å². The van der Waals surface area contributed by atoms with Crippen LogP contribution in [0, 0.1) is 28.9 Å². The number of hydrogen-bond acceptors (Lipinski definition) is 4. The predicted molar refractivity (Wildman–Crippen MR) is 74.3 cm³/mol. The number of hydrogen-bond donors (Lipinski definition) is 1. The zero-order chi connectivity index (χ0) is 15.9. The summed E-state index contributed by atoms with van der Waals surface area (Å²) in [5.74, 6) is -2.65. The molecule has 1 aliphatic heterocycles. The van der Waals surface area contributed by atoms with E-state index in [1.54, 1.807) is 6.07 Å². The SMILES string of the molecule is N#CCC(=O)Nc1cc(F)c(OCC2CCOCC2)c(F)c1. The molecular weight excluding hydrogens is 294 g/mol. The molecule has 1 aromatic carbocycles.